The molecule has 1 amide bonds. The van der Waals surface area contributed by atoms with Crippen LogP contribution in [0, 0.1) is 5.82 Å². The fourth-order valence-electron chi connectivity index (χ4n) is 2.57. The summed E-state index contributed by atoms with van der Waals surface area (Å²) in [5, 5.41) is 0.597. The Kier molecular flexibility index (Phi) is 7.23. The van der Waals surface area contributed by atoms with Gasteiger partial charge in [-0.2, -0.15) is 0 Å². The predicted octanol–water partition coefficient (Wildman–Crippen LogP) is 6.48. The van der Waals surface area contributed by atoms with Crippen molar-refractivity contribution >= 4 is 29.2 Å². The first-order chi connectivity index (χ1) is 14.7. The van der Waals surface area contributed by atoms with Gasteiger partial charge in [-0.05, 0) is 51.1 Å². The number of nitrogens with zero attached hydrogens (tertiary/aromatic N) is 2. The van der Waals surface area contributed by atoms with Gasteiger partial charge in [-0.3, -0.25) is 0 Å². The molecular formula is C23H25FN2O3S2. The fraction of sp³-hybridized carbons (Fsp3) is 0.304. The summed E-state index contributed by atoms with van der Waals surface area (Å²) in [7, 11) is 3.31. The third kappa shape index (κ3) is 5.77. The van der Waals surface area contributed by atoms with Crippen molar-refractivity contribution < 1.29 is 18.7 Å². The lowest BCUT2D eigenvalue weighted by Gasteiger charge is -2.30. The third-order valence-corrected chi connectivity index (χ3v) is 6.81. The molecule has 1 heterocycles. The van der Waals surface area contributed by atoms with Gasteiger partial charge in [0.15, 0.2) is 0 Å². The minimum Gasteiger partial charge on any atom is -0.497 e. The van der Waals surface area contributed by atoms with Crippen LogP contribution in [0.4, 0.5) is 9.18 Å². The van der Waals surface area contributed by atoms with E-state index in [0.717, 1.165) is 14.9 Å². The lowest BCUT2D eigenvalue weighted by atomic mass is 10.1. The van der Waals surface area contributed by atoms with Crippen LogP contribution in [0.3, 0.4) is 0 Å². The van der Waals surface area contributed by atoms with Gasteiger partial charge >= 0.3 is 6.09 Å². The van der Waals surface area contributed by atoms with Crippen molar-refractivity contribution in [1.82, 2.24) is 9.88 Å². The number of carbonyl (C=O) groups excluding carboxylic acids is 1. The van der Waals surface area contributed by atoms with E-state index in [1.165, 1.54) is 34.1 Å². The number of carbonyl (C=O) groups is 1. The molecule has 0 N–H and O–H groups in total. The molecule has 1 aromatic heterocycles. The maximum absolute atomic E-state index is 14.5. The summed E-state index contributed by atoms with van der Waals surface area (Å²) < 4.78 is 26.1. The highest BCUT2D eigenvalue weighted by Gasteiger charge is 2.24. The van der Waals surface area contributed by atoms with Crippen LogP contribution in [0.5, 0.6) is 5.75 Å². The van der Waals surface area contributed by atoms with Crippen molar-refractivity contribution in [3.05, 3.63) is 59.4 Å². The molecule has 164 valence electrons. The second-order valence-electron chi connectivity index (χ2n) is 7.79. The van der Waals surface area contributed by atoms with Crippen LogP contribution >= 0.6 is 23.1 Å². The topological polar surface area (TPSA) is 51.7 Å². The van der Waals surface area contributed by atoms with Crippen molar-refractivity contribution in [2.75, 3.05) is 14.2 Å². The number of thiazole rings is 1. The SMILES string of the molecule is COc1cccc(Sc2sc(COC(=O)N(C)C(C)(C)C)nc2-c2ccccc2F)c1. The van der Waals surface area contributed by atoms with Gasteiger partial charge in [0, 0.05) is 23.0 Å². The molecule has 5 nitrogen and oxygen atoms in total. The fourth-order valence-corrected chi connectivity index (χ4v) is 4.82. The monoisotopic (exact) mass is 460 g/mol. The summed E-state index contributed by atoms with van der Waals surface area (Å²) in [6, 6.07) is 14.2. The largest absolute Gasteiger partial charge is 0.497 e. The number of ether oxygens (including phenoxy) is 2. The Hall–Kier alpha value is -2.58. The molecule has 0 saturated heterocycles. The Morgan fingerprint density at radius 1 is 1.19 bits per heavy atom. The smallest absolute Gasteiger partial charge is 0.410 e. The van der Waals surface area contributed by atoms with Crippen molar-refractivity contribution in [3.8, 4) is 17.0 Å². The van der Waals surface area contributed by atoms with Crippen LogP contribution in [0.15, 0.2) is 57.6 Å². The summed E-state index contributed by atoms with van der Waals surface area (Å²) in [4.78, 5) is 19.4. The van der Waals surface area contributed by atoms with Crippen LogP contribution in [-0.4, -0.2) is 35.7 Å². The minimum atomic E-state index is -0.433. The van der Waals surface area contributed by atoms with E-state index in [2.05, 4.69) is 4.98 Å². The summed E-state index contributed by atoms with van der Waals surface area (Å²) >= 11 is 2.85. The molecule has 3 aromatic rings. The zero-order chi connectivity index (χ0) is 22.6. The number of halogens is 1. The van der Waals surface area contributed by atoms with Gasteiger partial charge in [-0.15, -0.1) is 11.3 Å². The van der Waals surface area contributed by atoms with Gasteiger partial charge in [0.25, 0.3) is 0 Å². The molecule has 0 saturated carbocycles. The summed E-state index contributed by atoms with van der Waals surface area (Å²) in [6.07, 6.45) is -0.433. The van der Waals surface area contributed by atoms with Crippen molar-refractivity contribution in [2.45, 2.75) is 42.0 Å². The molecule has 0 atom stereocenters. The van der Waals surface area contributed by atoms with E-state index in [-0.39, 0.29) is 18.0 Å². The number of rotatable bonds is 6. The Labute approximate surface area is 190 Å². The summed E-state index contributed by atoms with van der Waals surface area (Å²) in [5.74, 6) is 0.387. The summed E-state index contributed by atoms with van der Waals surface area (Å²) in [5.41, 5.74) is 0.589. The third-order valence-electron chi connectivity index (χ3n) is 4.62. The maximum atomic E-state index is 14.5. The molecule has 0 aliphatic carbocycles. The van der Waals surface area contributed by atoms with Crippen LogP contribution < -0.4 is 4.74 Å². The highest BCUT2D eigenvalue weighted by atomic mass is 32.2. The number of amides is 1. The van der Waals surface area contributed by atoms with E-state index in [4.69, 9.17) is 9.47 Å². The molecule has 2 aromatic carbocycles. The molecule has 0 aliphatic heterocycles. The minimum absolute atomic E-state index is 0.0179. The lowest BCUT2D eigenvalue weighted by molar-refractivity contribution is 0.0759. The highest BCUT2D eigenvalue weighted by Crippen LogP contribution is 2.41. The molecule has 0 aliphatic rings. The second-order valence-corrected chi connectivity index (χ2v) is 10.2. The predicted molar refractivity (Wildman–Crippen MR) is 122 cm³/mol. The Balaban J connectivity index is 1.89. The van der Waals surface area contributed by atoms with E-state index in [1.807, 2.05) is 45.0 Å². The molecular weight excluding hydrogens is 435 g/mol. The van der Waals surface area contributed by atoms with Crippen LogP contribution in [-0.2, 0) is 11.3 Å². The molecule has 31 heavy (non-hydrogen) atoms. The molecule has 3 rings (SSSR count). The van der Waals surface area contributed by atoms with E-state index in [9.17, 15) is 9.18 Å². The number of methoxy groups -OCH3 is 1. The van der Waals surface area contributed by atoms with Gasteiger partial charge < -0.3 is 14.4 Å². The molecule has 8 heteroatoms. The van der Waals surface area contributed by atoms with E-state index < -0.39 is 6.09 Å². The molecule has 0 fully saturated rings. The zero-order valence-corrected chi connectivity index (χ0v) is 19.8. The van der Waals surface area contributed by atoms with Crippen molar-refractivity contribution in [2.24, 2.45) is 0 Å². The average Bonchev–Trinajstić information content (AvgIpc) is 3.13. The van der Waals surface area contributed by atoms with E-state index in [1.54, 1.807) is 32.4 Å². The van der Waals surface area contributed by atoms with Crippen LogP contribution in [0.1, 0.15) is 25.8 Å². The van der Waals surface area contributed by atoms with Crippen LogP contribution in [0.2, 0.25) is 0 Å². The van der Waals surface area contributed by atoms with Gasteiger partial charge in [-0.25, -0.2) is 14.2 Å². The number of aromatic nitrogens is 1. The van der Waals surface area contributed by atoms with Gasteiger partial charge in [0.2, 0.25) is 0 Å². The standard InChI is InChI=1S/C23H25FN2O3S2/c1-23(2,3)26(4)22(27)29-14-19-25-20(17-11-6-7-12-18(17)24)21(31-19)30-16-10-8-9-15(13-16)28-5/h6-13H,14H2,1-5H3. The number of benzene rings is 2. The van der Waals surface area contributed by atoms with Crippen molar-refractivity contribution in [1.29, 1.82) is 0 Å². The second kappa shape index (κ2) is 9.70. The highest BCUT2D eigenvalue weighted by molar-refractivity contribution is 8.01. The Morgan fingerprint density at radius 2 is 1.94 bits per heavy atom. The average molecular weight is 461 g/mol. The molecule has 0 unspecified atom stereocenters. The maximum Gasteiger partial charge on any atom is 0.410 e. The van der Waals surface area contributed by atoms with Crippen LogP contribution in [0.25, 0.3) is 11.3 Å². The molecule has 0 spiro atoms. The Morgan fingerprint density at radius 3 is 2.61 bits per heavy atom. The summed E-state index contributed by atoms with van der Waals surface area (Å²) in [6.45, 7) is 5.80. The van der Waals surface area contributed by atoms with E-state index >= 15 is 0 Å². The normalized spacial score (nSPS) is 11.3. The number of hydrogen-bond donors (Lipinski definition) is 0. The zero-order valence-electron chi connectivity index (χ0n) is 18.1. The quantitative estimate of drug-likeness (QED) is 0.422. The van der Waals surface area contributed by atoms with Gasteiger partial charge in [-0.1, -0.05) is 30.0 Å². The first kappa shape index (κ1) is 23.1. The first-order valence-electron chi connectivity index (χ1n) is 9.66. The van der Waals surface area contributed by atoms with Gasteiger partial charge in [0.05, 0.1) is 17.0 Å². The van der Waals surface area contributed by atoms with Crippen molar-refractivity contribution in [3.63, 3.8) is 0 Å². The van der Waals surface area contributed by atoms with Gasteiger partial charge in [0.1, 0.15) is 23.2 Å². The van der Waals surface area contributed by atoms with E-state index in [0.29, 0.717) is 16.3 Å². The first-order valence-corrected chi connectivity index (χ1v) is 11.3. The molecule has 0 radical (unpaired) electrons. The molecule has 0 bridgehead atoms. The number of hydrogen-bond acceptors (Lipinski definition) is 6. The Bertz CT molecular complexity index is 1060. The lowest BCUT2D eigenvalue weighted by Crippen LogP contribution is -2.42.